The first kappa shape index (κ1) is 17.6. The number of hydrogen-bond donors (Lipinski definition) is 1. The van der Waals surface area contributed by atoms with E-state index in [4.69, 9.17) is 0 Å². The summed E-state index contributed by atoms with van der Waals surface area (Å²) in [5.41, 5.74) is 2.48. The molecule has 0 saturated carbocycles. The van der Waals surface area contributed by atoms with Crippen LogP contribution in [-0.4, -0.2) is 29.0 Å². The molecule has 5 heteroatoms. The molecule has 1 amide bonds. The molecule has 26 heavy (non-hydrogen) atoms. The van der Waals surface area contributed by atoms with E-state index >= 15 is 0 Å². The average Bonchev–Trinajstić information content (AvgIpc) is 2.70. The molecular formula is C21H22N4O. The maximum atomic E-state index is 12.8. The number of rotatable bonds is 7. The molecule has 132 valence electrons. The van der Waals surface area contributed by atoms with Crippen LogP contribution in [-0.2, 0) is 6.42 Å². The lowest BCUT2D eigenvalue weighted by molar-refractivity contribution is 0.0983. The lowest BCUT2D eigenvalue weighted by Gasteiger charge is -2.20. The molecule has 3 rings (SSSR count). The molecular weight excluding hydrogens is 324 g/mol. The Kier molecular flexibility index (Phi) is 5.93. The van der Waals surface area contributed by atoms with Gasteiger partial charge in [0.2, 0.25) is 5.95 Å². The van der Waals surface area contributed by atoms with Crippen LogP contribution in [0.4, 0.5) is 11.6 Å². The average molecular weight is 346 g/mol. The van der Waals surface area contributed by atoms with Crippen LogP contribution >= 0.6 is 0 Å². The highest BCUT2D eigenvalue weighted by atomic mass is 16.2. The van der Waals surface area contributed by atoms with E-state index in [-0.39, 0.29) is 5.91 Å². The predicted molar refractivity (Wildman–Crippen MR) is 104 cm³/mol. The number of anilines is 2. The molecule has 5 nitrogen and oxygen atoms in total. The van der Waals surface area contributed by atoms with Crippen molar-refractivity contribution in [3.05, 3.63) is 84.2 Å². The summed E-state index contributed by atoms with van der Waals surface area (Å²) in [5, 5.41) is 3.19. The lowest BCUT2D eigenvalue weighted by Crippen LogP contribution is -2.31. The number of aromatic nitrogens is 2. The van der Waals surface area contributed by atoms with Gasteiger partial charge in [-0.2, -0.15) is 0 Å². The van der Waals surface area contributed by atoms with E-state index < -0.39 is 0 Å². The van der Waals surface area contributed by atoms with Crippen LogP contribution in [0.2, 0.25) is 0 Å². The van der Waals surface area contributed by atoms with Gasteiger partial charge in [0.25, 0.3) is 5.91 Å². The van der Waals surface area contributed by atoms with Gasteiger partial charge in [-0.15, -0.1) is 0 Å². The third-order valence-electron chi connectivity index (χ3n) is 4.04. The third kappa shape index (κ3) is 4.45. The number of nitrogens with zero attached hydrogens (tertiary/aromatic N) is 3. The topological polar surface area (TPSA) is 58.1 Å². The van der Waals surface area contributed by atoms with Gasteiger partial charge in [-0.1, -0.05) is 48.5 Å². The number of amides is 1. The highest BCUT2D eigenvalue weighted by Crippen LogP contribution is 2.16. The van der Waals surface area contributed by atoms with Crippen LogP contribution in [0.25, 0.3) is 0 Å². The molecule has 3 aromatic rings. The third-order valence-corrected chi connectivity index (χ3v) is 4.04. The Morgan fingerprint density at radius 3 is 2.38 bits per heavy atom. The monoisotopic (exact) mass is 346 g/mol. The van der Waals surface area contributed by atoms with Gasteiger partial charge in [0, 0.05) is 25.0 Å². The van der Waals surface area contributed by atoms with E-state index in [0.717, 1.165) is 12.1 Å². The van der Waals surface area contributed by atoms with Crippen LogP contribution in [0.5, 0.6) is 0 Å². The fraction of sp³-hybridized carbons (Fsp3) is 0.190. The second kappa shape index (κ2) is 8.76. The number of nitrogens with one attached hydrogen (secondary N) is 1. The molecule has 0 spiro atoms. The van der Waals surface area contributed by atoms with Crippen molar-refractivity contribution < 1.29 is 4.79 Å². The summed E-state index contributed by atoms with van der Waals surface area (Å²) in [4.78, 5) is 23.1. The second-order valence-electron chi connectivity index (χ2n) is 5.81. The van der Waals surface area contributed by atoms with E-state index in [2.05, 4.69) is 27.4 Å². The fourth-order valence-electron chi connectivity index (χ4n) is 2.72. The Balaban J connectivity index is 1.67. The van der Waals surface area contributed by atoms with Crippen LogP contribution in [0, 0.1) is 0 Å². The predicted octanol–water partition coefficient (Wildman–Crippen LogP) is 3.80. The van der Waals surface area contributed by atoms with E-state index in [0.29, 0.717) is 24.7 Å². The minimum atomic E-state index is -0.132. The molecule has 0 aliphatic carbocycles. The smallest absolute Gasteiger partial charge is 0.277 e. The molecule has 2 aromatic carbocycles. The maximum absolute atomic E-state index is 12.8. The Morgan fingerprint density at radius 1 is 1.00 bits per heavy atom. The number of para-hydroxylation sites is 1. The zero-order valence-electron chi connectivity index (χ0n) is 14.8. The molecule has 0 saturated heterocycles. The van der Waals surface area contributed by atoms with E-state index in [9.17, 15) is 4.79 Å². The zero-order valence-corrected chi connectivity index (χ0v) is 14.8. The van der Waals surface area contributed by atoms with Crippen molar-refractivity contribution in [1.29, 1.82) is 0 Å². The number of carbonyl (C=O) groups excluding carboxylic acids is 1. The van der Waals surface area contributed by atoms with Crippen LogP contribution in [0.3, 0.4) is 0 Å². The van der Waals surface area contributed by atoms with Gasteiger partial charge in [-0.25, -0.2) is 9.97 Å². The van der Waals surface area contributed by atoms with Gasteiger partial charge in [0.05, 0.1) is 0 Å². The van der Waals surface area contributed by atoms with Crippen molar-refractivity contribution in [1.82, 2.24) is 9.97 Å². The van der Waals surface area contributed by atoms with Gasteiger partial charge in [-0.05, 0) is 37.1 Å². The van der Waals surface area contributed by atoms with Gasteiger partial charge < -0.3 is 10.2 Å². The molecule has 0 bridgehead atoms. The molecule has 1 heterocycles. The van der Waals surface area contributed by atoms with Crippen LogP contribution < -0.4 is 10.2 Å². The molecule has 1 aromatic heterocycles. The number of benzene rings is 2. The maximum Gasteiger partial charge on any atom is 0.277 e. The molecule has 0 unspecified atom stereocenters. The minimum Gasteiger partial charge on any atom is -0.354 e. The van der Waals surface area contributed by atoms with Crippen molar-refractivity contribution in [2.45, 2.75) is 13.3 Å². The first-order valence-corrected chi connectivity index (χ1v) is 8.75. The van der Waals surface area contributed by atoms with Crippen molar-refractivity contribution in [2.24, 2.45) is 0 Å². The van der Waals surface area contributed by atoms with E-state index in [1.54, 1.807) is 17.2 Å². The summed E-state index contributed by atoms with van der Waals surface area (Å²) in [6.07, 6.45) is 2.48. The minimum absolute atomic E-state index is 0.132. The first-order valence-electron chi connectivity index (χ1n) is 8.75. The van der Waals surface area contributed by atoms with Crippen molar-refractivity contribution in [2.75, 3.05) is 23.3 Å². The van der Waals surface area contributed by atoms with Gasteiger partial charge >= 0.3 is 0 Å². The molecule has 0 aliphatic rings. The summed E-state index contributed by atoms with van der Waals surface area (Å²) in [5.74, 6) is 0.336. The summed E-state index contributed by atoms with van der Waals surface area (Å²) < 4.78 is 0. The largest absolute Gasteiger partial charge is 0.354 e. The van der Waals surface area contributed by atoms with Gasteiger partial charge in [-0.3, -0.25) is 4.79 Å². The van der Waals surface area contributed by atoms with E-state index in [1.807, 2.05) is 55.5 Å². The highest BCUT2D eigenvalue weighted by molar-refractivity contribution is 6.04. The van der Waals surface area contributed by atoms with Crippen LogP contribution in [0.1, 0.15) is 23.0 Å². The molecule has 1 N–H and O–H groups in total. The summed E-state index contributed by atoms with van der Waals surface area (Å²) in [7, 11) is 0. The lowest BCUT2D eigenvalue weighted by atomic mass is 10.1. The first-order chi connectivity index (χ1) is 12.8. The summed E-state index contributed by atoms with van der Waals surface area (Å²) in [6, 6.07) is 21.5. The van der Waals surface area contributed by atoms with Crippen LogP contribution in [0.15, 0.2) is 72.9 Å². The van der Waals surface area contributed by atoms with Crippen molar-refractivity contribution >= 4 is 17.5 Å². The summed E-state index contributed by atoms with van der Waals surface area (Å²) >= 11 is 0. The molecule has 0 aliphatic heterocycles. The SMILES string of the molecule is CCN(C(=O)c1ccnc(NCCc2ccccc2)n1)c1ccccc1. The highest BCUT2D eigenvalue weighted by Gasteiger charge is 2.17. The molecule has 0 radical (unpaired) electrons. The molecule has 0 atom stereocenters. The normalized spacial score (nSPS) is 10.3. The zero-order chi connectivity index (χ0) is 18.2. The molecule has 0 fully saturated rings. The van der Waals surface area contributed by atoms with Gasteiger partial charge in [0.1, 0.15) is 5.69 Å². The summed E-state index contributed by atoms with van der Waals surface area (Å²) in [6.45, 7) is 3.23. The van der Waals surface area contributed by atoms with Crippen molar-refractivity contribution in [3.63, 3.8) is 0 Å². The Morgan fingerprint density at radius 2 is 1.69 bits per heavy atom. The Labute approximate surface area is 153 Å². The number of hydrogen-bond acceptors (Lipinski definition) is 4. The quantitative estimate of drug-likeness (QED) is 0.707. The van der Waals surface area contributed by atoms with Gasteiger partial charge in [0.15, 0.2) is 0 Å². The Hall–Kier alpha value is -3.21. The van der Waals surface area contributed by atoms with E-state index in [1.165, 1.54) is 5.56 Å². The standard InChI is InChI=1S/C21H22N4O/c1-2-25(18-11-7-4-8-12-18)20(26)19-14-16-23-21(24-19)22-15-13-17-9-5-3-6-10-17/h3-12,14,16H,2,13,15H2,1H3,(H,22,23,24). The number of carbonyl (C=O) groups is 1. The van der Waals surface area contributed by atoms with Crippen molar-refractivity contribution in [3.8, 4) is 0 Å². The Bertz CT molecular complexity index is 837. The second-order valence-corrected chi connectivity index (χ2v) is 5.81. The fourth-order valence-corrected chi connectivity index (χ4v) is 2.72.